The summed E-state index contributed by atoms with van der Waals surface area (Å²) < 4.78 is 0. The van der Waals surface area contributed by atoms with Gasteiger partial charge in [0.05, 0.1) is 0 Å². The van der Waals surface area contributed by atoms with Crippen LogP contribution in [-0.4, -0.2) is 29.4 Å². The summed E-state index contributed by atoms with van der Waals surface area (Å²) in [6.45, 7) is 3.37. The van der Waals surface area contributed by atoms with E-state index < -0.39 is 6.04 Å². The van der Waals surface area contributed by atoms with Crippen LogP contribution < -0.4 is 10.6 Å². The molecule has 5 nitrogen and oxygen atoms in total. The van der Waals surface area contributed by atoms with Crippen molar-refractivity contribution in [2.24, 2.45) is 0 Å². The number of aryl methyl sites for hydroxylation is 1. The molecule has 2 N–H and O–H groups in total. The zero-order valence-electron chi connectivity index (χ0n) is 15.1. The molecule has 1 fully saturated rings. The predicted octanol–water partition coefficient (Wildman–Crippen LogP) is 3.70. The zero-order valence-corrected chi connectivity index (χ0v) is 15.1. The first-order valence-corrected chi connectivity index (χ1v) is 9.09. The van der Waals surface area contributed by atoms with Crippen LogP contribution in [0.25, 0.3) is 0 Å². The topological polar surface area (TPSA) is 61.4 Å². The second-order valence-electron chi connectivity index (χ2n) is 6.70. The van der Waals surface area contributed by atoms with Crippen LogP contribution in [0.15, 0.2) is 54.6 Å². The van der Waals surface area contributed by atoms with Gasteiger partial charge in [0.25, 0.3) is 0 Å². The molecule has 0 radical (unpaired) electrons. The van der Waals surface area contributed by atoms with Crippen LogP contribution >= 0.6 is 0 Å². The van der Waals surface area contributed by atoms with Crippen LogP contribution in [-0.2, 0) is 11.3 Å². The fourth-order valence-electron chi connectivity index (χ4n) is 3.24. The van der Waals surface area contributed by atoms with Gasteiger partial charge in [0.2, 0.25) is 5.91 Å². The molecular formula is C21H25N3O2. The van der Waals surface area contributed by atoms with Gasteiger partial charge in [-0.3, -0.25) is 4.79 Å². The molecule has 1 aliphatic heterocycles. The van der Waals surface area contributed by atoms with E-state index in [4.69, 9.17) is 0 Å². The standard InChI is InChI=1S/C21H25N3O2/c1-16-9-5-6-10-17(16)15-24-14-8-7-13-19(20(24)25)23-21(26)22-18-11-3-2-4-12-18/h2-6,9-12,19H,7-8,13-15H2,1H3,(H2,22,23,26). The number of rotatable bonds is 4. The fraction of sp³-hybridized carbons (Fsp3) is 0.333. The molecule has 1 heterocycles. The number of amides is 3. The van der Waals surface area contributed by atoms with E-state index in [-0.39, 0.29) is 11.9 Å². The van der Waals surface area contributed by atoms with Gasteiger partial charge in [0, 0.05) is 18.8 Å². The minimum absolute atomic E-state index is 0.00559. The van der Waals surface area contributed by atoms with Crippen molar-refractivity contribution in [2.45, 2.75) is 38.8 Å². The van der Waals surface area contributed by atoms with Crippen molar-refractivity contribution in [1.29, 1.82) is 0 Å². The Morgan fingerprint density at radius 1 is 1.08 bits per heavy atom. The Labute approximate surface area is 154 Å². The van der Waals surface area contributed by atoms with Crippen LogP contribution in [0, 0.1) is 6.92 Å². The summed E-state index contributed by atoms with van der Waals surface area (Å²) >= 11 is 0. The van der Waals surface area contributed by atoms with E-state index in [1.165, 1.54) is 5.56 Å². The maximum Gasteiger partial charge on any atom is 0.319 e. The molecule has 0 spiro atoms. The SMILES string of the molecule is Cc1ccccc1CN1CCCCC(NC(=O)Nc2ccccc2)C1=O. The van der Waals surface area contributed by atoms with Gasteiger partial charge in [-0.1, -0.05) is 42.5 Å². The lowest BCUT2D eigenvalue weighted by Crippen LogP contribution is -2.48. The van der Waals surface area contributed by atoms with Crippen molar-refractivity contribution in [1.82, 2.24) is 10.2 Å². The number of urea groups is 1. The number of nitrogens with one attached hydrogen (secondary N) is 2. The predicted molar refractivity (Wildman–Crippen MR) is 103 cm³/mol. The monoisotopic (exact) mass is 351 g/mol. The number of benzene rings is 2. The Balaban J connectivity index is 1.64. The van der Waals surface area contributed by atoms with Crippen molar-refractivity contribution < 1.29 is 9.59 Å². The van der Waals surface area contributed by atoms with Gasteiger partial charge in [-0.2, -0.15) is 0 Å². The second kappa shape index (κ2) is 8.52. The van der Waals surface area contributed by atoms with E-state index in [9.17, 15) is 9.59 Å². The Morgan fingerprint density at radius 2 is 1.81 bits per heavy atom. The zero-order chi connectivity index (χ0) is 18.4. The summed E-state index contributed by atoms with van der Waals surface area (Å²) in [7, 11) is 0. The fourth-order valence-corrected chi connectivity index (χ4v) is 3.24. The molecule has 0 aromatic heterocycles. The first-order chi connectivity index (χ1) is 12.6. The lowest BCUT2D eigenvalue weighted by molar-refractivity contribution is -0.133. The number of hydrogen-bond donors (Lipinski definition) is 2. The molecule has 3 rings (SSSR count). The van der Waals surface area contributed by atoms with E-state index in [1.807, 2.05) is 47.4 Å². The van der Waals surface area contributed by atoms with E-state index in [2.05, 4.69) is 29.7 Å². The van der Waals surface area contributed by atoms with Crippen LogP contribution in [0.4, 0.5) is 10.5 Å². The quantitative estimate of drug-likeness (QED) is 0.882. The number of hydrogen-bond acceptors (Lipinski definition) is 2. The maximum absolute atomic E-state index is 12.9. The molecule has 1 aliphatic rings. The van der Waals surface area contributed by atoms with E-state index in [0.29, 0.717) is 18.7 Å². The molecule has 1 atom stereocenters. The minimum Gasteiger partial charge on any atom is -0.337 e. The van der Waals surface area contributed by atoms with Gasteiger partial charge < -0.3 is 15.5 Å². The van der Waals surface area contributed by atoms with Crippen molar-refractivity contribution in [3.8, 4) is 0 Å². The maximum atomic E-state index is 12.9. The summed E-state index contributed by atoms with van der Waals surface area (Å²) in [5.74, 6) is -0.00559. The molecular weight excluding hydrogens is 326 g/mol. The summed E-state index contributed by atoms with van der Waals surface area (Å²) in [4.78, 5) is 27.1. The molecule has 0 bridgehead atoms. The molecule has 1 unspecified atom stereocenters. The van der Waals surface area contributed by atoms with Crippen molar-refractivity contribution >= 4 is 17.6 Å². The molecule has 136 valence electrons. The molecule has 5 heteroatoms. The van der Waals surface area contributed by atoms with Gasteiger partial charge in [-0.15, -0.1) is 0 Å². The average molecular weight is 351 g/mol. The van der Waals surface area contributed by atoms with E-state index in [1.54, 1.807) is 0 Å². The number of para-hydroxylation sites is 1. The number of likely N-dealkylation sites (tertiary alicyclic amines) is 1. The number of carbonyl (C=O) groups is 2. The number of nitrogens with zero attached hydrogens (tertiary/aromatic N) is 1. The van der Waals surface area contributed by atoms with Crippen LogP contribution in [0.3, 0.4) is 0 Å². The second-order valence-corrected chi connectivity index (χ2v) is 6.70. The molecule has 0 saturated carbocycles. The molecule has 3 amide bonds. The van der Waals surface area contributed by atoms with Gasteiger partial charge >= 0.3 is 6.03 Å². The Kier molecular flexibility index (Phi) is 5.89. The van der Waals surface area contributed by atoms with Gasteiger partial charge in [0.1, 0.15) is 6.04 Å². The third-order valence-corrected chi connectivity index (χ3v) is 4.74. The Bertz CT molecular complexity index is 761. The Hall–Kier alpha value is -2.82. The van der Waals surface area contributed by atoms with Crippen molar-refractivity contribution in [3.63, 3.8) is 0 Å². The van der Waals surface area contributed by atoms with Gasteiger partial charge in [-0.25, -0.2) is 4.79 Å². The minimum atomic E-state index is -0.481. The number of anilines is 1. The summed E-state index contributed by atoms with van der Waals surface area (Å²) in [5.41, 5.74) is 3.04. The smallest absolute Gasteiger partial charge is 0.319 e. The van der Waals surface area contributed by atoms with Gasteiger partial charge in [-0.05, 0) is 49.4 Å². The third-order valence-electron chi connectivity index (χ3n) is 4.74. The lowest BCUT2D eigenvalue weighted by atomic mass is 10.1. The first-order valence-electron chi connectivity index (χ1n) is 9.09. The number of carbonyl (C=O) groups excluding carboxylic acids is 2. The molecule has 2 aromatic carbocycles. The molecule has 2 aromatic rings. The van der Waals surface area contributed by atoms with Crippen LogP contribution in [0.1, 0.15) is 30.4 Å². The van der Waals surface area contributed by atoms with Gasteiger partial charge in [0.15, 0.2) is 0 Å². The summed E-state index contributed by atoms with van der Waals surface area (Å²) in [6, 6.07) is 16.5. The largest absolute Gasteiger partial charge is 0.337 e. The third kappa shape index (κ3) is 4.63. The van der Waals surface area contributed by atoms with E-state index >= 15 is 0 Å². The highest BCUT2D eigenvalue weighted by molar-refractivity contribution is 5.93. The average Bonchev–Trinajstić information content (AvgIpc) is 2.80. The summed E-state index contributed by atoms with van der Waals surface area (Å²) in [6.07, 6.45) is 2.55. The van der Waals surface area contributed by atoms with Crippen molar-refractivity contribution in [3.05, 3.63) is 65.7 Å². The highest BCUT2D eigenvalue weighted by atomic mass is 16.2. The first kappa shape index (κ1) is 18.0. The molecule has 26 heavy (non-hydrogen) atoms. The van der Waals surface area contributed by atoms with E-state index in [0.717, 1.165) is 24.9 Å². The highest BCUT2D eigenvalue weighted by Crippen LogP contribution is 2.17. The normalized spacial score (nSPS) is 17.5. The highest BCUT2D eigenvalue weighted by Gasteiger charge is 2.28. The van der Waals surface area contributed by atoms with Crippen molar-refractivity contribution in [2.75, 3.05) is 11.9 Å². The van der Waals surface area contributed by atoms with Crippen LogP contribution in [0.5, 0.6) is 0 Å². The molecule has 0 aliphatic carbocycles. The van der Waals surface area contributed by atoms with Crippen LogP contribution in [0.2, 0.25) is 0 Å². The summed E-state index contributed by atoms with van der Waals surface area (Å²) in [5, 5.41) is 5.63. The Morgan fingerprint density at radius 3 is 2.58 bits per heavy atom. The molecule has 1 saturated heterocycles. The lowest BCUT2D eigenvalue weighted by Gasteiger charge is -2.25.